The first-order chi connectivity index (χ1) is 8.95. The number of carbonyl (C=O) groups excluding carboxylic acids is 1. The standard InChI is InChI=1S/C13H23ClN4O/c1-10(8-15)4-5-12(19)13-11(14)9-16-18(13)7-6-17(2)3/h9-10H,4-8,15H2,1-3H3. The van der Waals surface area contributed by atoms with E-state index in [4.69, 9.17) is 17.3 Å². The molecule has 5 nitrogen and oxygen atoms in total. The molecular formula is C13H23ClN4O. The lowest BCUT2D eigenvalue weighted by Gasteiger charge is -2.12. The molecule has 1 heterocycles. The zero-order valence-electron chi connectivity index (χ0n) is 11.9. The molecule has 1 unspecified atom stereocenters. The highest BCUT2D eigenvalue weighted by atomic mass is 35.5. The van der Waals surface area contributed by atoms with Gasteiger partial charge in [0, 0.05) is 13.0 Å². The van der Waals surface area contributed by atoms with Gasteiger partial charge >= 0.3 is 0 Å². The average molecular weight is 287 g/mol. The fourth-order valence-electron chi connectivity index (χ4n) is 1.72. The van der Waals surface area contributed by atoms with E-state index in [1.54, 1.807) is 4.68 Å². The van der Waals surface area contributed by atoms with Crippen molar-refractivity contribution >= 4 is 17.4 Å². The largest absolute Gasteiger partial charge is 0.330 e. The van der Waals surface area contributed by atoms with E-state index < -0.39 is 0 Å². The lowest BCUT2D eigenvalue weighted by molar-refractivity contribution is 0.0964. The second kappa shape index (κ2) is 7.62. The molecule has 6 heteroatoms. The van der Waals surface area contributed by atoms with Crippen LogP contribution >= 0.6 is 11.6 Å². The van der Waals surface area contributed by atoms with E-state index in [0.29, 0.717) is 36.1 Å². The Labute approximate surface area is 119 Å². The van der Waals surface area contributed by atoms with E-state index in [9.17, 15) is 4.79 Å². The molecule has 1 aromatic rings. The lowest BCUT2D eigenvalue weighted by atomic mass is 10.0. The number of hydrogen-bond donors (Lipinski definition) is 1. The Bertz CT molecular complexity index is 417. The third kappa shape index (κ3) is 4.93. The molecule has 1 aromatic heterocycles. The number of nitrogens with two attached hydrogens (primary N) is 1. The Kier molecular flexibility index (Phi) is 6.48. The molecule has 2 N–H and O–H groups in total. The minimum Gasteiger partial charge on any atom is -0.330 e. The van der Waals surface area contributed by atoms with Crippen LogP contribution in [0.2, 0.25) is 5.02 Å². The maximum absolute atomic E-state index is 12.2. The monoisotopic (exact) mass is 286 g/mol. The molecule has 1 rings (SSSR count). The molecule has 0 saturated carbocycles. The molecule has 108 valence electrons. The van der Waals surface area contributed by atoms with E-state index in [1.807, 2.05) is 25.9 Å². The Balaban J connectivity index is 2.69. The van der Waals surface area contributed by atoms with Gasteiger partial charge in [-0.05, 0) is 33.0 Å². The van der Waals surface area contributed by atoms with Crippen molar-refractivity contribution in [1.82, 2.24) is 14.7 Å². The summed E-state index contributed by atoms with van der Waals surface area (Å²) in [5.74, 6) is 0.391. The fraction of sp³-hybridized carbons (Fsp3) is 0.692. The minimum atomic E-state index is 0.0431. The molecule has 0 aromatic carbocycles. The quantitative estimate of drug-likeness (QED) is 0.738. The summed E-state index contributed by atoms with van der Waals surface area (Å²) in [6.45, 7) is 4.11. The molecule has 0 radical (unpaired) electrons. The lowest BCUT2D eigenvalue weighted by Crippen LogP contribution is -2.22. The summed E-state index contributed by atoms with van der Waals surface area (Å²) in [5, 5.41) is 4.60. The summed E-state index contributed by atoms with van der Waals surface area (Å²) in [4.78, 5) is 14.3. The van der Waals surface area contributed by atoms with Crippen molar-refractivity contribution in [1.29, 1.82) is 0 Å². The number of Topliss-reactive ketones (excluding diaryl/α,β-unsaturated/α-hetero) is 1. The van der Waals surface area contributed by atoms with Crippen molar-refractivity contribution in [2.24, 2.45) is 11.7 Å². The fourth-order valence-corrected chi connectivity index (χ4v) is 1.96. The van der Waals surface area contributed by atoms with Crippen LogP contribution in [0.5, 0.6) is 0 Å². The average Bonchev–Trinajstić information content (AvgIpc) is 2.74. The third-order valence-corrected chi connectivity index (χ3v) is 3.36. The molecule has 0 aliphatic rings. The molecule has 0 amide bonds. The van der Waals surface area contributed by atoms with Gasteiger partial charge in [-0.25, -0.2) is 0 Å². The maximum Gasteiger partial charge on any atom is 0.182 e. The summed E-state index contributed by atoms with van der Waals surface area (Å²) in [5.41, 5.74) is 6.08. The number of ketones is 1. The van der Waals surface area contributed by atoms with Crippen molar-refractivity contribution in [2.75, 3.05) is 27.2 Å². The zero-order valence-corrected chi connectivity index (χ0v) is 12.7. The highest BCUT2D eigenvalue weighted by molar-refractivity contribution is 6.33. The van der Waals surface area contributed by atoms with Gasteiger partial charge < -0.3 is 10.6 Å². The highest BCUT2D eigenvalue weighted by Crippen LogP contribution is 2.19. The van der Waals surface area contributed by atoms with Crippen LogP contribution in [0, 0.1) is 5.92 Å². The van der Waals surface area contributed by atoms with Gasteiger partial charge in [0.25, 0.3) is 0 Å². The Morgan fingerprint density at radius 1 is 1.58 bits per heavy atom. The first-order valence-electron chi connectivity index (χ1n) is 6.55. The summed E-state index contributed by atoms with van der Waals surface area (Å²) < 4.78 is 1.69. The number of hydrogen-bond acceptors (Lipinski definition) is 4. The van der Waals surface area contributed by atoms with Crippen LogP contribution in [0.3, 0.4) is 0 Å². The van der Waals surface area contributed by atoms with Crippen molar-refractivity contribution in [2.45, 2.75) is 26.3 Å². The van der Waals surface area contributed by atoms with Crippen LogP contribution in [0.15, 0.2) is 6.20 Å². The Morgan fingerprint density at radius 2 is 2.26 bits per heavy atom. The second-order valence-corrected chi connectivity index (χ2v) is 5.58. The van der Waals surface area contributed by atoms with Crippen molar-refractivity contribution < 1.29 is 4.79 Å². The van der Waals surface area contributed by atoms with Crippen LogP contribution in [0.1, 0.15) is 30.3 Å². The summed E-state index contributed by atoms with van der Waals surface area (Å²) in [6.07, 6.45) is 2.78. The SMILES string of the molecule is CC(CN)CCC(=O)c1c(Cl)cnn1CCN(C)C. The van der Waals surface area contributed by atoms with Crippen LogP contribution in [-0.4, -0.2) is 47.6 Å². The van der Waals surface area contributed by atoms with Crippen molar-refractivity contribution in [3.05, 3.63) is 16.9 Å². The summed E-state index contributed by atoms with van der Waals surface area (Å²) in [7, 11) is 3.96. The van der Waals surface area contributed by atoms with Crippen molar-refractivity contribution in [3.63, 3.8) is 0 Å². The van der Waals surface area contributed by atoms with Gasteiger partial charge in [-0.15, -0.1) is 0 Å². The zero-order chi connectivity index (χ0) is 14.4. The van der Waals surface area contributed by atoms with Crippen LogP contribution in [-0.2, 0) is 6.54 Å². The van der Waals surface area contributed by atoms with Gasteiger partial charge in [-0.2, -0.15) is 5.10 Å². The van der Waals surface area contributed by atoms with Crippen molar-refractivity contribution in [3.8, 4) is 0 Å². The number of nitrogens with zero attached hydrogens (tertiary/aromatic N) is 3. The van der Waals surface area contributed by atoms with E-state index in [2.05, 4.69) is 5.10 Å². The van der Waals surface area contributed by atoms with E-state index in [-0.39, 0.29) is 5.78 Å². The first kappa shape index (κ1) is 16.1. The molecular weight excluding hydrogens is 264 g/mol. The Morgan fingerprint density at radius 3 is 2.84 bits per heavy atom. The summed E-state index contributed by atoms with van der Waals surface area (Å²) >= 11 is 6.06. The van der Waals surface area contributed by atoms with Crippen LogP contribution in [0.4, 0.5) is 0 Å². The van der Waals surface area contributed by atoms with Gasteiger partial charge in [-0.1, -0.05) is 18.5 Å². The molecule has 0 aliphatic heterocycles. The Hall–Kier alpha value is -0.910. The first-order valence-corrected chi connectivity index (χ1v) is 6.92. The van der Waals surface area contributed by atoms with Gasteiger partial charge in [0.2, 0.25) is 0 Å². The second-order valence-electron chi connectivity index (χ2n) is 5.17. The normalized spacial score (nSPS) is 12.9. The summed E-state index contributed by atoms with van der Waals surface area (Å²) in [6, 6.07) is 0. The third-order valence-electron chi connectivity index (χ3n) is 3.08. The molecule has 0 saturated heterocycles. The van der Waals surface area contributed by atoms with Crippen LogP contribution < -0.4 is 5.73 Å². The molecule has 0 aliphatic carbocycles. The molecule has 0 spiro atoms. The number of likely N-dealkylation sites (N-methyl/N-ethyl adjacent to an activating group) is 1. The smallest absolute Gasteiger partial charge is 0.182 e. The predicted molar refractivity (Wildman–Crippen MR) is 77.6 cm³/mol. The number of halogens is 1. The van der Waals surface area contributed by atoms with E-state index >= 15 is 0 Å². The molecule has 0 bridgehead atoms. The predicted octanol–water partition coefficient (Wildman–Crippen LogP) is 1.66. The minimum absolute atomic E-state index is 0.0431. The maximum atomic E-state index is 12.2. The van der Waals surface area contributed by atoms with E-state index in [1.165, 1.54) is 6.20 Å². The van der Waals surface area contributed by atoms with Crippen LogP contribution in [0.25, 0.3) is 0 Å². The molecule has 1 atom stereocenters. The molecule has 19 heavy (non-hydrogen) atoms. The van der Waals surface area contributed by atoms with Gasteiger partial charge in [-0.3, -0.25) is 9.48 Å². The molecule has 0 fully saturated rings. The number of carbonyl (C=O) groups is 1. The van der Waals surface area contributed by atoms with E-state index in [0.717, 1.165) is 13.0 Å². The number of rotatable bonds is 8. The number of aromatic nitrogens is 2. The van der Waals surface area contributed by atoms with Gasteiger partial charge in [0.15, 0.2) is 5.78 Å². The highest BCUT2D eigenvalue weighted by Gasteiger charge is 2.17. The van der Waals surface area contributed by atoms with Gasteiger partial charge in [0.1, 0.15) is 5.69 Å². The van der Waals surface area contributed by atoms with Gasteiger partial charge in [0.05, 0.1) is 17.8 Å². The topological polar surface area (TPSA) is 64.2 Å².